The van der Waals surface area contributed by atoms with E-state index < -0.39 is 17.2 Å². The Labute approximate surface area is 182 Å². The first-order chi connectivity index (χ1) is 15.0. The summed E-state index contributed by atoms with van der Waals surface area (Å²) in [6, 6.07) is 13.7. The van der Waals surface area contributed by atoms with E-state index in [0.29, 0.717) is 21.3 Å². The molecule has 0 saturated carbocycles. The van der Waals surface area contributed by atoms with Gasteiger partial charge < -0.3 is 19.5 Å². The largest absolute Gasteiger partial charge is 0.462 e. The van der Waals surface area contributed by atoms with Gasteiger partial charge in [-0.1, -0.05) is 41.7 Å². The lowest BCUT2D eigenvalue weighted by Crippen LogP contribution is -2.05. The summed E-state index contributed by atoms with van der Waals surface area (Å²) in [5.74, 6) is -0.506. The van der Waals surface area contributed by atoms with Crippen LogP contribution in [0.5, 0.6) is 0 Å². The zero-order chi connectivity index (χ0) is 22.4. The maximum Gasteiger partial charge on any atom is 0.350 e. The van der Waals surface area contributed by atoms with E-state index in [1.54, 1.807) is 19.1 Å². The second-order valence-electron chi connectivity index (χ2n) is 6.25. The first-order valence-corrected chi connectivity index (χ1v) is 10.1. The average molecular weight is 443 g/mol. The molecule has 162 valence electrons. The number of nitrogens with zero attached hydrogens (tertiary/aromatic N) is 2. The summed E-state index contributed by atoms with van der Waals surface area (Å²) in [4.78, 5) is 28.3. The lowest BCUT2D eigenvalue weighted by atomic mass is 10.1. The van der Waals surface area contributed by atoms with Gasteiger partial charge >= 0.3 is 5.97 Å². The molecular formula is C21H21N3O6S. The standard InChI is InChI=1S/C21H21N3O6S/c1-4-30-19(25)18-17(13-8-6-5-7-9-13)23-21(31-18)22-15-12-14(20(28-2)29-3)10-11-16(15)24(26)27/h5-12,20H,4H2,1-3H3,(H,22,23). The minimum absolute atomic E-state index is 0.149. The van der Waals surface area contributed by atoms with Crippen LogP contribution in [0.15, 0.2) is 48.5 Å². The molecule has 3 aromatic rings. The van der Waals surface area contributed by atoms with Gasteiger partial charge in [0.05, 0.1) is 17.2 Å². The summed E-state index contributed by atoms with van der Waals surface area (Å²) in [6.45, 7) is 1.94. The number of benzene rings is 2. The van der Waals surface area contributed by atoms with Crippen LogP contribution in [0, 0.1) is 10.1 Å². The molecule has 31 heavy (non-hydrogen) atoms. The molecule has 0 aliphatic carbocycles. The van der Waals surface area contributed by atoms with Crippen molar-refractivity contribution in [3.05, 3.63) is 69.1 Å². The SMILES string of the molecule is CCOC(=O)c1sc(Nc2cc(C(OC)OC)ccc2[N+](=O)[O-])nc1-c1ccccc1. The Bertz CT molecular complexity index is 1070. The molecule has 0 bridgehead atoms. The van der Waals surface area contributed by atoms with Gasteiger partial charge in [0, 0.05) is 31.4 Å². The first-order valence-electron chi connectivity index (χ1n) is 9.32. The Kier molecular flexibility index (Phi) is 7.29. The van der Waals surface area contributed by atoms with Crippen molar-refractivity contribution in [3.63, 3.8) is 0 Å². The summed E-state index contributed by atoms with van der Waals surface area (Å²) in [7, 11) is 2.95. The summed E-state index contributed by atoms with van der Waals surface area (Å²) in [6.07, 6.45) is -0.687. The molecule has 0 fully saturated rings. The summed E-state index contributed by atoms with van der Waals surface area (Å²) in [5.41, 5.74) is 1.81. The quantitative estimate of drug-likeness (QED) is 0.214. The smallest absolute Gasteiger partial charge is 0.350 e. The number of rotatable bonds is 9. The van der Waals surface area contributed by atoms with Gasteiger partial charge in [0.15, 0.2) is 11.4 Å². The van der Waals surface area contributed by atoms with Crippen molar-refractivity contribution < 1.29 is 23.9 Å². The van der Waals surface area contributed by atoms with Crippen molar-refractivity contribution >= 4 is 33.8 Å². The molecule has 0 aliphatic heterocycles. The third-order valence-electron chi connectivity index (χ3n) is 4.29. The van der Waals surface area contributed by atoms with E-state index in [9.17, 15) is 14.9 Å². The highest BCUT2D eigenvalue weighted by atomic mass is 32.1. The fraction of sp³-hybridized carbons (Fsp3) is 0.238. The number of aromatic nitrogens is 1. The van der Waals surface area contributed by atoms with Crippen molar-refractivity contribution in [2.75, 3.05) is 26.1 Å². The topological polar surface area (TPSA) is 113 Å². The molecule has 0 atom stereocenters. The van der Waals surface area contributed by atoms with Crippen molar-refractivity contribution in [2.45, 2.75) is 13.2 Å². The Morgan fingerprint density at radius 3 is 2.52 bits per heavy atom. The van der Waals surface area contributed by atoms with E-state index in [2.05, 4.69) is 10.3 Å². The Morgan fingerprint density at radius 1 is 1.19 bits per heavy atom. The van der Waals surface area contributed by atoms with Gasteiger partial charge in [-0.15, -0.1) is 0 Å². The third kappa shape index (κ3) is 5.05. The van der Waals surface area contributed by atoms with Crippen LogP contribution < -0.4 is 5.32 Å². The van der Waals surface area contributed by atoms with Crippen LogP contribution in [-0.4, -0.2) is 36.7 Å². The lowest BCUT2D eigenvalue weighted by molar-refractivity contribution is -0.383. The number of esters is 1. The van der Waals surface area contributed by atoms with E-state index in [4.69, 9.17) is 14.2 Å². The number of carbonyl (C=O) groups is 1. The maximum absolute atomic E-state index is 12.5. The van der Waals surface area contributed by atoms with Gasteiger partial charge in [-0.3, -0.25) is 10.1 Å². The predicted molar refractivity (Wildman–Crippen MR) is 117 cm³/mol. The third-order valence-corrected chi connectivity index (χ3v) is 5.25. The number of hydrogen-bond acceptors (Lipinski definition) is 9. The molecular weight excluding hydrogens is 422 g/mol. The Morgan fingerprint density at radius 2 is 1.90 bits per heavy atom. The number of nitro groups is 1. The predicted octanol–water partition coefficient (Wildman–Crippen LogP) is 4.93. The minimum Gasteiger partial charge on any atom is -0.462 e. The monoisotopic (exact) mass is 443 g/mol. The number of nitro benzene ring substituents is 1. The van der Waals surface area contributed by atoms with Gasteiger partial charge in [-0.2, -0.15) is 0 Å². The van der Waals surface area contributed by atoms with Crippen molar-refractivity contribution in [3.8, 4) is 11.3 Å². The minimum atomic E-state index is -0.687. The Hall–Kier alpha value is -3.34. The molecule has 3 rings (SSSR count). The molecule has 1 aromatic heterocycles. The van der Waals surface area contributed by atoms with Crippen molar-refractivity contribution in [2.24, 2.45) is 0 Å². The van der Waals surface area contributed by atoms with Crippen LogP contribution in [0.1, 0.15) is 28.4 Å². The van der Waals surface area contributed by atoms with E-state index >= 15 is 0 Å². The number of thiazole rings is 1. The lowest BCUT2D eigenvalue weighted by Gasteiger charge is -2.15. The second-order valence-corrected chi connectivity index (χ2v) is 7.24. The molecule has 0 amide bonds. The summed E-state index contributed by atoms with van der Waals surface area (Å²) in [5, 5.41) is 14.8. The zero-order valence-electron chi connectivity index (χ0n) is 17.2. The molecule has 0 radical (unpaired) electrons. The molecule has 2 aromatic carbocycles. The zero-order valence-corrected chi connectivity index (χ0v) is 18.0. The summed E-state index contributed by atoms with van der Waals surface area (Å²) < 4.78 is 15.6. The van der Waals surface area contributed by atoms with Gasteiger partial charge in [0.25, 0.3) is 5.69 Å². The van der Waals surface area contributed by atoms with Gasteiger partial charge in [-0.25, -0.2) is 9.78 Å². The molecule has 0 aliphatic rings. The number of anilines is 2. The van der Waals surface area contributed by atoms with Gasteiger partial charge in [0.1, 0.15) is 10.6 Å². The second kappa shape index (κ2) is 10.1. The normalized spacial score (nSPS) is 10.8. The first kappa shape index (κ1) is 22.3. The van der Waals surface area contributed by atoms with E-state index in [0.717, 1.165) is 16.9 Å². The number of nitrogens with one attached hydrogen (secondary N) is 1. The van der Waals surface area contributed by atoms with Gasteiger partial charge in [-0.05, 0) is 19.1 Å². The number of hydrogen-bond donors (Lipinski definition) is 1. The molecule has 9 nitrogen and oxygen atoms in total. The number of ether oxygens (including phenoxy) is 3. The van der Waals surface area contributed by atoms with Crippen LogP contribution in [0.4, 0.5) is 16.5 Å². The molecule has 0 saturated heterocycles. The van der Waals surface area contributed by atoms with Crippen LogP contribution >= 0.6 is 11.3 Å². The number of methoxy groups -OCH3 is 2. The highest BCUT2D eigenvalue weighted by Gasteiger charge is 2.23. The van der Waals surface area contributed by atoms with Crippen LogP contribution in [0.3, 0.4) is 0 Å². The van der Waals surface area contributed by atoms with Gasteiger partial charge in [0.2, 0.25) is 0 Å². The molecule has 1 N–H and O–H groups in total. The van der Waals surface area contributed by atoms with E-state index in [1.165, 1.54) is 20.3 Å². The van der Waals surface area contributed by atoms with Crippen LogP contribution in [0.2, 0.25) is 0 Å². The van der Waals surface area contributed by atoms with E-state index in [1.807, 2.05) is 30.3 Å². The molecule has 0 spiro atoms. The highest BCUT2D eigenvalue weighted by Crippen LogP contribution is 2.36. The molecule has 0 unspecified atom stereocenters. The summed E-state index contributed by atoms with van der Waals surface area (Å²) >= 11 is 1.06. The van der Waals surface area contributed by atoms with E-state index in [-0.39, 0.29) is 18.0 Å². The fourth-order valence-electron chi connectivity index (χ4n) is 2.94. The molecule has 1 heterocycles. The average Bonchev–Trinajstić information content (AvgIpc) is 3.19. The maximum atomic E-state index is 12.5. The van der Waals surface area contributed by atoms with Crippen LogP contribution in [0.25, 0.3) is 11.3 Å². The fourth-order valence-corrected chi connectivity index (χ4v) is 3.84. The highest BCUT2D eigenvalue weighted by molar-refractivity contribution is 7.18. The molecule has 10 heteroatoms. The number of carbonyl (C=O) groups excluding carboxylic acids is 1. The van der Waals surface area contributed by atoms with Crippen molar-refractivity contribution in [1.29, 1.82) is 0 Å². The van der Waals surface area contributed by atoms with Crippen molar-refractivity contribution in [1.82, 2.24) is 4.98 Å². The Balaban J connectivity index is 2.05. The van der Waals surface area contributed by atoms with Crippen LogP contribution in [-0.2, 0) is 14.2 Å².